The molecule has 1 unspecified atom stereocenters. The predicted molar refractivity (Wildman–Crippen MR) is 397 cm³/mol. The Morgan fingerprint density at radius 1 is 0.396 bits per heavy atom. The fraction of sp³-hybridized carbons (Fsp3) is 0.513. The summed E-state index contributed by atoms with van der Waals surface area (Å²) in [7, 11) is 0. The zero-order chi connectivity index (χ0) is 83.4. The lowest BCUT2D eigenvalue weighted by Gasteiger charge is -2.12. The third-order valence-corrected chi connectivity index (χ3v) is 10.6. The Bertz CT molecular complexity index is 2280. The lowest BCUT2D eigenvalue weighted by Crippen LogP contribution is -2.06. The van der Waals surface area contributed by atoms with Crippen molar-refractivity contribution in [2.45, 2.75) is 210 Å². The Morgan fingerprint density at radius 2 is 0.698 bits per heavy atom. The molecule has 2 aromatic rings. The van der Waals surface area contributed by atoms with Gasteiger partial charge >= 0.3 is 24.3 Å². The summed E-state index contributed by atoms with van der Waals surface area (Å²) in [6.45, 7) is 30.1. The zero-order valence-corrected chi connectivity index (χ0v) is 64.1. The summed E-state index contributed by atoms with van der Waals surface area (Å²) in [4.78, 5) is 0. The standard InChI is InChI=1S/C14H26F2O.C10H18F2O.C8H6F2.C8H7F.C7H13FO.2C6H10F2O.C6H11FO.C4H7FO.C3H5F.C2HClF2.C2H2F2.C2H3F/c1-2-3-4-5-6-7-8-9-10-11-12-17-13-14(15)16;1-3-5-6-9(4-2)7-13-8-10(11)12;9-8(10)6-7-4-2-1-3-5-7;9-7-6-8-4-2-1-3-5-8;1-3-4-5-9-6-7(2)8;2*1-2-3-4-9-5-6(7)8;1-2-3-5-8-6-4-7;1-2-6-4-3-5;1-3(2)4;3-2(5)1-4;1-2(3)4;1-2-3/h13H,2-12H2,1H3;8-9H,3-7H2,1-2H3;1-6H;1-7H;6H,3-5H2,1-2H3;2*5H,2-4H2,1H3;4,6H,2-3,5H2,1H3;3-4H,2H2,1H3;1H2,2H3;1H;1H2;2H,1H2/b;;;;;;;;4-3+;;2-1+;;. The number of rotatable bonds is 39. The Kier molecular flexibility index (Phi) is 134. The SMILES string of the molecule is C=C(C)F.C=C(F)F.C=CF.CCCCC(CC)COC=C(F)F.CCCCCCCCCCCCOC=C(F)F.CCCCOC=C(C)F.CCCCOC=C(F)F.CCCCOC=C(F)F.CCCCOC=CF.CCO/C=C/F.F/C=C(/F)Cl.FC(F)=Cc1ccccc1.FC=Cc1ccccc1. The number of hydrogen-bond acceptors (Lipinski definition) is 7. The maximum absolute atomic E-state index is 11.9. The molecule has 620 valence electrons. The summed E-state index contributed by atoms with van der Waals surface area (Å²) in [6.07, 6.45) is 22.7. The van der Waals surface area contributed by atoms with Gasteiger partial charge in [0.25, 0.3) is 12.2 Å². The molecule has 0 saturated carbocycles. The maximum Gasteiger partial charge on any atom is 0.304 e. The minimum atomic E-state index is -1.83. The van der Waals surface area contributed by atoms with Gasteiger partial charge in [0.15, 0.2) is 0 Å². The van der Waals surface area contributed by atoms with E-state index in [4.69, 9.17) is 9.47 Å². The molecule has 2 aromatic carbocycles. The normalized spacial score (nSPS) is 9.88. The summed E-state index contributed by atoms with van der Waals surface area (Å²) in [5, 5.41) is -1.31. The third kappa shape index (κ3) is 182. The highest BCUT2D eigenvalue weighted by Crippen LogP contribution is 2.15. The number of halogens is 21. The second-order valence-electron chi connectivity index (χ2n) is 20.1. The van der Waals surface area contributed by atoms with Crippen molar-refractivity contribution in [1.29, 1.82) is 0 Å². The van der Waals surface area contributed by atoms with Crippen LogP contribution in [0.5, 0.6) is 0 Å². The van der Waals surface area contributed by atoms with Crippen LogP contribution in [0.3, 0.4) is 0 Å². The molecule has 0 aliphatic heterocycles. The van der Waals surface area contributed by atoms with Gasteiger partial charge in [-0.05, 0) is 101 Å². The molecule has 0 heterocycles. The van der Waals surface area contributed by atoms with Gasteiger partial charge in [-0.25, -0.2) is 30.7 Å². The summed E-state index contributed by atoms with van der Waals surface area (Å²) >= 11 is 4.28. The monoisotopic (exact) mass is 1580 g/mol. The Labute approximate surface area is 625 Å². The molecule has 1 atom stereocenters. The molecular formula is C78H119ClF20O7. The van der Waals surface area contributed by atoms with Crippen LogP contribution in [0, 0.1) is 5.92 Å². The molecular weight excluding hydrogens is 1460 g/mol. The molecule has 2 rings (SSSR count). The molecule has 0 amide bonds. The maximum atomic E-state index is 11.9. The van der Waals surface area contributed by atoms with Crippen LogP contribution >= 0.6 is 11.6 Å². The van der Waals surface area contributed by atoms with Gasteiger partial charge < -0.3 is 33.2 Å². The zero-order valence-electron chi connectivity index (χ0n) is 63.4. The van der Waals surface area contributed by atoms with Gasteiger partial charge in [-0.3, -0.25) is 0 Å². The van der Waals surface area contributed by atoms with Crippen LogP contribution in [-0.2, 0) is 33.2 Å². The minimum Gasteiger partial charge on any atom is -0.499 e. The number of hydrogen-bond donors (Lipinski definition) is 0. The molecule has 0 fully saturated rings. The van der Waals surface area contributed by atoms with Gasteiger partial charge in [0, 0.05) is 6.08 Å². The highest BCUT2D eigenvalue weighted by molar-refractivity contribution is 6.27. The van der Waals surface area contributed by atoms with Gasteiger partial charge in [-0.15, -0.1) is 0 Å². The lowest BCUT2D eigenvalue weighted by atomic mass is 10.0. The smallest absolute Gasteiger partial charge is 0.304 e. The molecule has 0 aliphatic carbocycles. The summed E-state index contributed by atoms with van der Waals surface area (Å²) < 4.78 is 254. The average molecular weight is 1580 g/mol. The molecule has 0 N–H and O–H groups in total. The lowest BCUT2D eigenvalue weighted by molar-refractivity contribution is 0.169. The fourth-order valence-corrected chi connectivity index (χ4v) is 5.82. The Hall–Kier alpha value is -7.45. The largest absolute Gasteiger partial charge is 0.499 e. The van der Waals surface area contributed by atoms with Crippen LogP contribution in [0.2, 0.25) is 0 Å². The first-order valence-electron chi connectivity index (χ1n) is 34.2. The van der Waals surface area contributed by atoms with Crippen LogP contribution in [0.15, 0.2) is 209 Å². The van der Waals surface area contributed by atoms with Gasteiger partial charge in [0.2, 0.25) is 5.29 Å². The van der Waals surface area contributed by atoms with E-state index in [0.29, 0.717) is 102 Å². The molecule has 0 aliphatic rings. The summed E-state index contributed by atoms with van der Waals surface area (Å²) in [5.74, 6) is -0.193. The second-order valence-corrected chi connectivity index (χ2v) is 20.5. The van der Waals surface area contributed by atoms with Gasteiger partial charge in [-0.1, -0.05) is 225 Å². The van der Waals surface area contributed by atoms with Crippen molar-refractivity contribution in [3.8, 4) is 0 Å². The van der Waals surface area contributed by atoms with E-state index in [-0.39, 0.29) is 24.3 Å². The molecule has 0 spiro atoms. The molecule has 28 heteroatoms. The van der Waals surface area contributed by atoms with Crippen molar-refractivity contribution in [1.82, 2.24) is 0 Å². The van der Waals surface area contributed by atoms with Gasteiger partial charge in [0.1, 0.15) is 68.7 Å². The minimum absolute atomic E-state index is 0.250. The average Bonchev–Trinajstić information content (AvgIpc) is 0.970. The van der Waals surface area contributed by atoms with E-state index in [1.165, 1.54) is 71.3 Å². The highest BCUT2D eigenvalue weighted by atomic mass is 35.5. The van der Waals surface area contributed by atoms with Crippen LogP contribution in [0.1, 0.15) is 222 Å². The van der Waals surface area contributed by atoms with Crippen LogP contribution in [0.25, 0.3) is 12.2 Å². The number of benzene rings is 2. The van der Waals surface area contributed by atoms with Gasteiger partial charge in [-0.2, -0.15) is 57.1 Å². The predicted octanol–water partition coefficient (Wildman–Crippen LogP) is 32.5. The van der Waals surface area contributed by atoms with Crippen molar-refractivity contribution >= 4 is 23.8 Å². The van der Waals surface area contributed by atoms with E-state index in [9.17, 15) is 87.8 Å². The molecule has 0 bridgehead atoms. The third-order valence-electron chi connectivity index (χ3n) is 10.6. The fourth-order valence-electron chi connectivity index (χ4n) is 5.82. The van der Waals surface area contributed by atoms with Crippen molar-refractivity contribution in [2.75, 3.05) is 46.2 Å². The topological polar surface area (TPSA) is 64.6 Å². The Balaban J connectivity index is -0.000000105. The first kappa shape index (κ1) is 122. The van der Waals surface area contributed by atoms with Crippen LogP contribution in [-0.4, -0.2) is 46.2 Å². The first-order valence-corrected chi connectivity index (χ1v) is 34.6. The number of allylic oxidation sites excluding steroid dienone is 2. The van der Waals surface area contributed by atoms with E-state index < -0.39 is 41.8 Å². The Morgan fingerprint density at radius 3 is 0.981 bits per heavy atom. The van der Waals surface area contributed by atoms with E-state index >= 15 is 0 Å². The van der Waals surface area contributed by atoms with E-state index in [1.54, 1.807) is 37.3 Å². The van der Waals surface area contributed by atoms with Crippen molar-refractivity contribution in [3.05, 3.63) is 220 Å². The number of unbranched alkanes of at least 4 members (excludes halogenated alkanes) is 14. The van der Waals surface area contributed by atoms with Crippen LogP contribution < -0.4 is 0 Å². The molecule has 0 radical (unpaired) electrons. The first-order chi connectivity index (χ1) is 50.5. The summed E-state index contributed by atoms with van der Waals surface area (Å²) in [6, 6.07) is 17.8. The summed E-state index contributed by atoms with van der Waals surface area (Å²) in [5.41, 5.74) is 1.42. The second kappa shape index (κ2) is 116. The molecule has 7 nitrogen and oxygen atoms in total. The molecule has 106 heavy (non-hydrogen) atoms. The number of ether oxygens (including phenoxy) is 7. The van der Waals surface area contributed by atoms with E-state index in [1.807, 2.05) is 44.2 Å². The van der Waals surface area contributed by atoms with Crippen molar-refractivity contribution < 1.29 is 121 Å². The van der Waals surface area contributed by atoms with Crippen molar-refractivity contribution in [3.63, 3.8) is 0 Å². The van der Waals surface area contributed by atoms with E-state index in [2.05, 4.69) is 89.6 Å². The highest BCUT2D eigenvalue weighted by Gasteiger charge is 2.05. The quantitative estimate of drug-likeness (QED) is 0.0375. The van der Waals surface area contributed by atoms with Crippen LogP contribution in [0.4, 0.5) is 87.8 Å². The van der Waals surface area contributed by atoms with Gasteiger partial charge in [0.05, 0.1) is 64.7 Å². The molecule has 0 saturated heterocycles. The van der Waals surface area contributed by atoms with E-state index in [0.717, 1.165) is 120 Å². The molecule has 0 aromatic heterocycles. The van der Waals surface area contributed by atoms with Crippen molar-refractivity contribution in [2.24, 2.45) is 5.92 Å².